The molecule has 12 heteroatoms. The number of carbonyl (C=O) groups is 4. The maximum absolute atomic E-state index is 11.5. The molecular formula is C20H30N6O4S2. The summed E-state index contributed by atoms with van der Waals surface area (Å²) in [6.07, 6.45) is 13.9. The number of nitrogens with one attached hydrogen (secondary N) is 2. The predicted molar refractivity (Wildman–Crippen MR) is 127 cm³/mol. The average molecular weight is 483 g/mol. The van der Waals surface area contributed by atoms with Crippen molar-refractivity contribution in [3.63, 3.8) is 0 Å². The van der Waals surface area contributed by atoms with E-state index in [1.165, 1.54) is 34.2 Å². The normalized spacial score (nSPS) is 10.1. The molecule has 32 heavy (non-hydrogen) atoms. The highest BCUT2D eigenvalue weighted by Gasteiger charge is 2.08. The molecule has 2 aromatic rings. The van der Waals surface area contributed by atoms with Crippen LogP contribution in [0.2, 0.25) is 0 Å². The van der Waals surface area contributed by atoms with Crippen molar-refractivity contribution in [1.29, 1.82) is 0 Å². The van der Waals surface area contributed by atoms with Gasteiger partial charge >= 0.3 is 0 Å². The van der Waals surface area contributed by atoms with Crippen LogP contribution in [0.15, 0.2) is 37.4 Å². The highest BCUT2D eigenvalue weighted by molar-refractivity contribution is 7.98. The van der Waals surface area contributed by atoms with Crippen molar-refractivity contribution in [1.82, 2.24) is 29.7 Å². The summed E-state index contributed by atoms with van der Waals surface area (Å²) in [5, 5.41) is 5.49. The first kappa shape index (κ1) is 27.4. The first-order valence-electron chi connectivity index (χ1n) is 10.0. The molecule has 2 rings (SSSR count). The number of aromatic nitrogens is 4. The third kappa shape index (κ3) is 12.3. The van der Waals surface area contributed by atoms with Crippen molar-refractivity contribution in [3.8, 4) is 0 Å². The Morgan fingerprint density at radius 1 is 0.719 bits per heavy atom. The van der Waals surface area contributed by atoms with Gasteiger partial charge in [-0.15, -0.1) is 0 Å². The zero-order chi connectivity index (χ0) is 23.6. The number of rotatable bonds is 12. The molecule has 0 aliphatic heterocycles. The van der Waals surface area contributed by atoms with Gasteiger partial charge in [0.2, 0.25) is 23.6 Å². The summed E-state index contributed by atoms with van der Waals surface area (Å²) >= 11 is 3.34. The topological polar surface area (TPSA) is 128 Å². The van der Waals surface area contributed by atoms with Crippen LogP contribution in [-0.4, -0.2) is 79.8 Å². The molecular weight excluding hydrogens is 452 g/mol. The fourth-order valence-corrected chi connectivity index (χ4v) is 2.89. The summed E-state index contributed by atoms with van der Waals surface area (Å²) < 4.78 is 2.77. The van der Waals surface area contributed by atoms with Crippen molar-refractivity contribution in [2.75, 3.05) is 37.1 Å². The third-order valence-electron chi connectivity index (χ3n) is 3.97. The number of imidazole rings is 2. The molecule has 10 nitrogen and oxygen atoms in total. The second-order valence-corrected chi connectivity index (χ2v) is 8.38. The van der Waals surface area contributed by atoms with Crippen LogP contribution < -0.4 is 10.6 Å². The summed E-state index contributed by atoms with van der Waals surface area (Å²) in [6.45, 7) is 1.30. The van der Waals surface area contributed by atoms with Crippen LogP contribution >= 0.6 is 23.5 Å². The third-order valence-corrected chi connectivity index (χ3v) is 5.20. The number of hydrogen-bond donors (Lipinski definition) is 2. The van der Waals surface area contributed by atoms with Gasteiger partial charge in [-0.25, -0.2) is 9.97 Å². The first-order valence-corrected chi connectivity index (χ1v) is 12.8. The standard InChI is InChI=1S/2C10H15N3O2S/c2*1-16-7-5-12-9(14)2-3-10(15)13-6-4-11-8-13/h2*4,6,8H,2-3,5,7H2,1H3,(H,12,14). The van der Waals surface area contributed by atoms with Gasteiger partial charge in [-0.3, -0.25) is 28.3 Å². The lowest BCUT2D eigenvalue weighted by Crippen LogP contribution is -2.26. The molecule has 0 bridgehead atoms. The molecule has 0 saturated carbocycles. The molecule has 176 valence electrons. The Kier molecular flexibility index (Phi) is 14.6. The van der Waals surface area contributed by atoms with Gasteiger partial charge in [-0.05, 0) is 12.5 Å². The Labute approximate surface area is 196 Å². The van der Waals surface area contributed by atoms with Crippen LogP contribution in [0.5, 0.6) is 0 Å². The van der Waals surface area contributed by atoms with Crippen LogP contribution in [0.25, 0.3) is 0 Å². The molecule has 0 unspecified atom stereocenters. The highest BCUT2D eigenvalue weighted by Crippen LogP contribution is 1.97. The van der Waals surface area contributed by atoms with E-state index < -0.39 is 0 Å². The van der Waals surface area contributed by atoms with E-state index in [1.807, 2.05) is 12.5 Å². The number of hydrogen-bond acceptors (Lipinski definition) is 8. The maximum Gasteiger partial charge on any atom is 0.232 e. The molecule has 2 N–H and O–H groups in total. The number of nitrogens with zero attached hydrogens (tertiary/aromatic N) is 4. The molecule has 2 heterocycles. The minimum Gasteiger partial charge on any atom is -0.355 e. The van der Waals surface area contributed by atoms with Crippen molar-refractivity contribution in [2.45, 2.75) is 25.7 Å². The monoisotopic (exact) mass is 482 g/mol. The predicted octanol–water partition coefficient (Wildman–Crippen LogP) is 1.57. The summed E-state index contributed by atoms with van der Waals surface area (Å²) in [6, 6.07) is 0. The molecule has 2 amide bonds. The van der Waals surface area contributed by atoms with Crippen LogP contribution in [0.4, 0.5) is 0 Å². The summed E-state index contributed by atoms with van der Waals surface area (Å²) in [4.78, 5) is 53.1. The first-order chi connectivity index (χ1) is 15.5. The van der Waals surface area contributed by atoms with Gasteiger partial charge in [0.05, 0.1) is 0 Å². The van der Waals surface area contributed by atoms with Crippen LogP contribution in [0, 0.1) is 0 Å². The van der Waals surface area contributed by atoms with E-state index >= 15 is 0 Å². The lowest BCUT2D eigenvalue weighted by Gasteiger charge is -2.03. The minimum atomic E-state index is -0.113. The van der Waals surface area contributed by atoms with Gasteiger partial charge in [0.25, 0.3) is 0 Å². The molecule has 0 aliphatic carbocycles. The summed E-state index contributed by atoms with van der Waals surface area (Å²) in [7, 11) is 0. The van der Waals surface area contributed by atoms with Gasteiger partial charge in [0.15, 0.2) is 0 Å². The molecule has 0 atom stereocenters. The van der Waals surface area contributed by atoms with Crippen LogP contribution in [0.1, 0.15) is 35.3 Å². The Bertz CT molecular complexity index is 744. The van der Waals surface area contributed by atoms with E-state index in [-0.39, 0.29) is 49.3 Å². The maximum atomic E-state index is 11.5. The SMILES string of the molecule is CSCCNC(=O)CCC(=O)n1ccnc1.CSCCNC(=O)CCC(=O)n1ccnc1. The lowest BCUT2D eigenvalue weighted by atomic mass is 10.3. The second-order valence-electron chi connectivity index (χ2n) is 6.41. The fraction of sp³-hybridized carbons (Fsp3) is 0.500. The van der Waals surface area contributed by atoms with Crippen molar-refractivity contribution in [2.24, 2.45) is 0 Å². The van der Waals surface area contributed by atoms with E-state index in [0.717, 1.165) is 11.5 Å². The highest BCUT2D eigenvalue weighted by atomic mass is 32.2. The molecule has 0 aliphatic rings. The van der Waals surface area contributed by atoms with Crippen LogP contribution in [0.3, 0.4) is 0 Å². The van der Waals surface area contributed by atoms with Crippen molar-refractivity contribution in [3.05, 3.63) is 37.4 Å². The zero-order valence-electron chi connectivity index (χ0n) is 18.4. The summed E-state index contributed by atoms with van der Waals surface area (Å²) in [5.41, 5.74) is 0. The van der Waals surface area contributed by atoms with Gasteiger partial charge in [-0.2, -0.15) is 23.5 Å². The van der Waals surface area contributed by atoms with E-state index in [9.17, 15) is 19.2 Å². The smallest absolute Gasteiger partial charge is 0.232 e. The summed E-state index contributed by atoms with van der Waals surface area (Å²) in [5.74, 6) is 1.39. The molecule has 2 aromatic heterocycles. The lowest BCUT2D eigenvalue weighted by molar-refractivity contribution is -0.121. The minimum absolute atomic E-state index is 0.0810. The molecule has 0 saturated heterocycles. The van der Waals surface area contributed by atoms with Crippen molar-refractivity contribution >= 4 is 47.2 Å². The van der Waals surface area contributed by atoms with E-state index in [2.05, 4.69) is 20.6 Å². The quantitative estimate of drug-likeness (QED) is 0.436. The van der Waals surface area contributed by atoms with Gasteiger partial charge in [0.1, 0.15) is 12.7 Å². The Morgan fingerprint density at radius 3 is 1.44 bits per heavy atom. The Hall–Kier alpha value is -2.60. The zero-order valence-corrected chi connectivity index (χ0v) is 20.0. The van der Waals surface area contributed by atoms with Gasteiger partial charge in [0, 0.05) is 75.1 Å². The Balaban J connectivity index is 0.000000320. The number of carbonyl (C=O) groups excluding carboxylic acids is 4. The number of thioether (sulfide) groups is 2. The van der Waals surface area contributed by atoms with Crippen LogP contribution in [-0.2, 0) is 9.59 Å². The van der Waals surface area contributed by atoms with Gasteiger partial charge < -0.3 is 10.6 Å². The molecule has 0 spiro atoms. The van der Waals surface area contributed by atoms with E-state index in [4.69, 9.17) is 0 Å². The average Bonchev–Trinajstić information content (AvgIpc) is 3.51. The molecule has 0 fully saturated rings. The molecule has 0 aromatic carbocycles. The molecule has 0 radical (unpaired) electrons. The van der Waals surface area contributed by atoms with E-state index in [0.29, 0.717) is 13.1 Å². The van der Waals surface area contributed by atoms with E-state index in [1.54, 1.807) is 35.9 Å². The second kappa shape index (κ2) is 17.0. The Morgan fingerprint density at radius 2 is 1.12 bits per heavy atom. The number of amides is 2. The largest absolute Gasteiger partial charge is 0.355 e. The van der Waals surface area contributed by atoms with Gasteiger partial charge in [-0.1, -0.05) is 0 Å². The fourth-order valence-electron chi connectivity index (χ4n) is 2.27. The van der Waals surface area contributed by atoms with Crippen molar-refractivity contribution < 1.29 is 19.2 Å².